The van der Waals surface area contributed by atoms with Crippen molar-refractivity contribution >= 4 is 25.4 Å². The van der Waals surface area contributed by atoms with Crippen molar-refractivity contribution in [2.75, 3.05) is 6.61 Å². The third-order valence-electron chi connectivity index (χ3n) is 5.92. The molecule has 0 bridgehead atoms. The van der Waals surface area contributed by atoms with Crippen molar-refractivity contribution in [2.24, 2.45) is 0 Å². The molecule has 1 saturated carbocycles. The van der Waals surface area contributed by atoms with Gasteiger partial charge in [-0.2, -0.15) is 13.5 Å². The third-order valence-corrected chi connectivity index (χ3v) is 5.92. The second-order valence-electron chi connectivity index (χ2n) is 7.91. The normalized spacial score (nSPS) is 18.6. The van der Waals surface area contributed by atoms with E-state index in [9.17, 15) is 9.59 Å². The van der Waals surface area contributed by atoms with Gasteiger partial charge >= 0.3 is 6.03 Å². The topological polar surface area (TPSA) is 90.9 Å². The Morgan fingerprint density at radius 1 is 1.03 bits per heavy atom. The number of carbonyl (C=O) groups is 2. The maximum Gasteiger partial charge on any atom is 0.318 e. The predicted octanol–water partition coefficient (Wildman–Crippen LogP) is 3.90. The lowest BCUT2D eigenvalue weighted by atomic mass is 9.95. The fourth-order valence-electron chi connectivity index (χ4n) is 4.25. The van der Waals surface area contributed by atoms with Crippen molar-refractivity contribution in [3.05, 3.63) is 65.2 Å². The molecule has 2 aromatic carbocycles. The summed E-state index contributed by atoms with van der Waals surface area (Å²) in [6, 6.07) is 14.7. The summed E-state index contributed by atoms with van der Waals surface area (Å²) in [5.41, 5.74) is 3.76. The van der Waals surface area contributed by atoms with E-state index < -0.39 is 5.91 Å². The molecule has 1 aliphatic heterocycles. The SMILES string of the molecule is O=C(NO)c1ccc2c(c1)OC[C@H](c1ccccc1)N(C(=O)NC1CCCCC1)C2.S. The number of benzene rings is 2. The summed E-state index contributed by atoms with van der Waals surface area (Å²) in [7, 11) is 0. The highest BCUT2D eigenvalue weighted by atomic mass is 32.1. The van der Waals surface area contributed by atoms with Gasteiger partial charge in [0.25, 0.3) is 5.91 Å². The number of hydroxylamine groups is 1. The van der Waals surface area contributed by atoms with Gasteiger partial charge in [-0.1, -0.05) is 55.7 Å². The first-order valence-corrected chi connectivity index (χ1v) is 10.5. The molecule has 2 aliphatic rings. The lowest BCUT2D eigenvalue weighted by Gasteiger charge is -2.32. The zero-order valence-electron chi connectivity index (χ0n) is 17.3. The third kappa shape index (κ3) is 5.32. The van der Waals surface area contributed by atoms with Gasteiger partial charge in [0.1, 0.15) is 12.4 Å². The highest BCUT2D eigenvalue weighted by Crippen LogP contribution is 2.32. The summed E-state index contributed by atoms with van der Waals surface area (Å²) in [5.74, 6) is -0.0536. The van der Waals surface area contributed by atoms with E-state index in [4.69, 9.17) is 9.94 Å². The number of hydrogen-bond donors (Lipinski definition) is 3. The quantitative estimate of drug-likeness (QED) is 0.496. The van der Waals surface area contributed by atoms with Gasteiger partial charge in [-0.3, -0.25) is 10.0 Å². The summed E-state index contributed by atoms with van der Waals surface area (Å²) < 4.78 is 6.04. The van der Waals surface area contributed by atoms with Gasteiger partial charge in [0.2, 0.25) is 0 Å². The van der Waals surface area contributed by atoms with Gasteiger partial charge < -0.3 is 15.0 Å². The maximum atomic E-state index is 13.3. The first kappa shape index (κ1) is 23.0. The zero-order valence-corrected chi connectivity index (χ0v) is 18.3. The fraction of sp³-hybridized carbons (Fsp3) is 0.391. The molecule has 3 N–H and O–H groups in total. The van der Waals surface area contributed by atoms with Crippen LogP contribution in [-0.4, -0.2) is 34.7 Å². The van der Waals surface area contributed by atoms with Crippen LogP contribution >= 0.6 is 13.5 Å². The van der Waals surface area contributed by atoms with Crippen LogP contribution in [0.15, 0.2) is 48.5 Å². The van der Waals surface area contributed by atoms with Gasteiger partial charge in [0.15, 0.2) is 0 Å². The first-order valence-electron chi connectivity index (χ1n) is 10.5. The molecule has 4 rings (SSSR count). The average Bonchev–Trinajstić information content (AvgIpc) is 2.99. The summed E-state index contributed by atoms with van der Waals surface area (Å²) in [5, 5.41) is 12.1. The van der Waals surface area contributed by atoms with Crippen LogP contribution in [0.1, 0.15) is 59.6 Å². The van der Waals surface area contributed by atoms with E-state index in [0.717, 1.165) is 36.8 Å². The number of urea groups is 1. The molecule has 0 unspecified atom stereocenters. The minimum Gasteiger partial charge on any atom is -0.491 e. The molecule has 1 atom stereocenters. The molecule has 0 spiro atoms. The van der Waals surface area contributed by atoms with Crippen LogP contribution in [0.5, 0.6) is 5.75 Å². The van der Waals surface area contributed by atoms with Crippen LogP contribution in [0.3, 0.4) is 0 Å². The summed E-state index contributed by atoms with van der Waals surface area (Å²) >= 11 is 0. The Kier molecular flexibility index (Phi) is 7.81. The van der Waals surface area contributed by atoms with Crippen LogP contribution in [0, 0.1) is 0 Å². The minimum atomic E-state index is -0.600. The molecular formula is C23H29N3O4S. The first-order chi connectivity index (χ1) is 14.7. The number of fused-ring (bicyclic) bond motifs is 1. The van der Waals surface area contributed by atoms with Gasteiger partial charge in [0, 0.05) is 17.2 Å². The summed E-state index contributed by atoms with van der Waals surface area (Å²) in [6.07, 6.45) is 5.56. The maximum absolute atomic E-state index is 13.3. The number of amides is 3. The van der Waals surface area contributed by atoms with E-state index in [2.05, 4.69) is 5.32 Å². The Labute approximate surface area is 189 Å². The number of rotatable bonds is 3. The van der Waals surface area contributed by atoms with Gasteiger partial charge in [-0.25, -0.2) is 10.3 Å². The van der Waals surface area contributed by atoms with E-state index in [1.54, 1.807) is 23.7 Å². The van der Waals surface area contributed by atoms with E-state index in [-0.39, 0.29) is 38.2 Å². The Bertz CT molecular complexity index is 903. The van der Waals surface area contributed by atoms with Crippen molar-refractivity contribution in [1.82, 2.24) is 15.7 Å². The average molecular weight is 444 g/mol. The van der Waals surface area contributed by atoms with Crippen molar-refractivity contribution in [1.29, 1.82) is 0 Å². The monoisotopic (exact) mass is 443 g/mol. The van der Waals surface area contributed by atoms with E-state index in [1.165, 1.54) is 6.42 Å². The molecule has 3 amide bonds. The molecule has 1 heterocycles. The van der Waals surface area contributed by atoms with Crippen molar-refractivity contribution in [3.8, 4) is 5.75 Å². The highest BCUT2D eigenvalue weighted by Gasteiger charge is 2.31. The highest BCUT2D eigenvalue weighted by molar-refractivity contribution is 7.59. The Morgan fingerprint density at radius 2 is 1.77 bits per heavy atom. The van der Waals surface area contributed by atoms with E-state index in [1.807, 2.05) is 35.2 Å². The largest absolute Gasteiger partial charge is 0.491 e. The number of carbonyl (C=O) groups excluding carboxylic acids is 2. The molecule has 0 radical (unpaired) electrons. The molecule has 1 aliphatic carbocycles. The number of nitrogens with zero attached hydrogens (tertiary/aromatic N) is 1. The molecule has 8 heteroatoms. The predicted molar refractivity (Wildman–Crippen MR) is 122 cm³/mol. The molecular weight excluding hydrogens is 414 g/mol. The van der Waals surface area contributed by atoms with Gasteiger partial charge in [0.05, 0.1) is 12.6 Å². The Balaban J connectivity index is 0.00000272. The van der Waals surface area contributed by atoms with Crippen LogP contribution in [0.4, 0.5) is 4.79 Å². The second kappa shape index (κ2) is 10.5. The molecule has 0 aromatic heterocycles. The van der Waals surface area contributed by atoms with Crippen LogP contribution in [0.25, 0.3) is 0 Å². The standard InChI is InChI=1S/C23H27N3O4.H2S/c27-22(25-29)17-11-12-18-14-26(23(28)24-19-9-5-2-6-10-19)20(15-30-21(18)13-17)16-7-3-1-4-8-16;/h1,3-4,7-8,11-13,19-20,29H,2,5-6,9-10,14-15H2,(H,24,28)(H,25,27);1H2/t20-;/m1./s1. The molecule has 2 aromatic rings. The van der Waals surface area contributed by atoms with Crippen LogP contribution in [0.2, 0.25) is 0 Å². The summed E-state index contributed by atoms with van der Waals surface area (Å²) in [4.78, 5) is 26.9. The van der Waals surface area contributed by atoms with Crippen LogP contribution < -0.4 is 15.5 Å². The smallest absolute Gasteiger partial charge is 0.318 e. The van der Waals surface area contributed by atoms with Crippen molar-refractivity contribution < 1.29 is 19.5 Å². The summed E-state index contributed by atoms with van der Waals surface area (Å²) in [6.45, 7) is 0.647. The Hall–Kier alpha value is -2.71. The minimum absolute atomic E-state index is 0. The lowest BCUT2D eigenvalue weighted by Crippen LogP contribution is -2.47. The lowest BCUT2D eigenvalue weighted by molar-refractivity contribution is 0.0706. The molecule has 7 nitrogen and oxygen atoms in total. The van der Waals surface area contributed by atoms with Gasteiger partial charge in [-0.05, 0) is 30.5 Å². The molecule has 166 valence electrons. The fourth-order valence-corrected chi connectivity index (χ4v) is 4.25. The van der Waals surface area contributed by atoms with Crippen LogP contribution in [-0.2, 0) is 6.54 Å². The number of ether oxygens (including phenoxy) is 1. The second-order valence-corrected chi connectivity index (χ2v) is 7.91. The van der Waals surface area contributed by atoms with Crippen molar-refractivity contribution in [2.45, 2.75) is 50.7 Å². The number of hydrogen-bond acceptors (Lipinski definition) is 4. The molecule has 0 saturated heterocycles. The van der Waals surface area contributed by atoms with E-state index in [0.29, 0.717) is 17.9 Å². The Morgan fingerprint density at radius 3 is 2.48 bits per heavy atom. The van der Waals surface area contributed by atoms with Crippen molar-refractivity contribution in [3.63, 3.8) is 0 Å². The number of nitrogens with one attached hydrogen (secondary N) is 2. The molecule has 1 fully saturated rings. The van der Waals surface area contributed by atoms with Gasteiger partial charge in [-0.15, -0.1) is 0 Å². The zero-order chi connectivity index (χ0) is 20.9. The van der Waals surface area contributed by atoms with E-state index >= 15 is 0 Å². The molecule has 31 heavy (non-hydrogen) atoms.